The Hall–Kier alpha value is -1.02. The number of halogens is 1. The molecule has 6 heteroatoms. The maximum Gasteiger partial charge on any atom is 0.191 e. The van der Waals surface area contributed by atoms with Gasteiger partial charge in [-0.2, -0.15) is 0 Å². The van der Waals surface area contributed by atoms with Gasteiger partial charge in [-0.1, -0.05) is 12.1 Å². The molecule has 0 aromatic heterocycles. The van der Waals surface area contributed by atoms with Crippen LogP contribution in [0.1, 0.15) is 24.8 Å². The second kappa shape index (κ2) is 8.73. The number of ether oxygens (including phenoxy) is 2. The minimum Gasteiger partial charge on any atom is -0.492 e. The van der Waals surface area contributed by atoms with E-state index in [0.717, 1.165) is 31.1 Å². The molecular formula is C17H26IN3O2. The van der Waals surface area contributed by atoms with Gasteiger partial charge < -0.3 is 20.1 Å². The highest BCUT2D eigenvalue weighted by atomic mass is 127. The van der Waals surface area contributed by atoms with E-state index in [1.165, 1.54) is 12.0 Å². The molecule has 0 amide bonds. The van der Waals surface area contributed by atoms with Crippen LogP contribution in [0.25, 0.3) is 0 Å². The minimum absolute atomic E-state index is 0. The SMILES string of the molecule is CN=C(NCCOc1cccc(C)c1)NC1CC2CCC1O2.I. The maximum absolute atomic E-state index is 5.85. The first-order valence-electron chi connectivity index (χ1n) is 8.06. The van der Waals surface area contributed by atoms with Gasteiger partial charge in [0, 0.05) is 7.05 Å². The zero-order valence-corrected chi connectivity index (χ0v) is 16.1. The summed E-state index contributed by atoms with van der Waals surface area (Å²) < 4.78 is 11.6. The minimum atomic E-state index is 0. The smallest absolute Gasteiger partial charge is 0.191 e. The molecule has 3 rings (SSSR count). The van der Waals surface area contributed by atoms with Gasteiger partial charge in [0.05, 0.1) is 24.8 Å². The van der Waals surface area contributed by atoms with Crippen molar-refractivity contribution in [1.82, 2.24) is 10.6 Å². The summed E-state index contributed by atoms with van der Waals surface area (Å²) in [5, 5.41) is 6.76. The predicted octanol–water partition coefficient (Wildman–Crippen LogP) is 2.48. The van der Waals surface area contributed by atoms with E-state index in [1.54, 1.807) is 7.05 Å². The van der Waals surface area contributed by atoms with Gasteiger partial charge in [-0.15, -0.1) is 24.0 Å². The molecule has 2 saturated heterocycles. The lowest BCUT2D eigenvalue weighted by Gasteiger charge is -2.22. The van der Waals surface area contributed by atoms with Gasteiger partial charge in [0.1, 0.15) is 12.4 Å². The van der Waals surface area contributed by atoms with Crippen molar-refractivity contribution in [1.29, 1.82) is 0 Å². The highest BCUT2D eigenvalue weighted by Crippen LogP contribution is 2.34. The standard InChI is InChI=1S/C17H25N3O2.HI/c1-12-4-3-5-13(10-12)21-9-8-19-17(18-2)20-15-11-14-6-7-16(15)22-14;/h3-5,10,14-16H,6-9,11H2,1-2H3,(H2,18,19,20);1H. The zero-order chi connectivity index (χ0) is 15.4. The summed E-state index contributed by atoms with van der Waals surface area (Å²) in [6, 6.07) is 8.48. The number of nitrogens with zero attached hydrogens (tertiary/aromatic N) is 1. The summed E-state index contributed by atoms with van der Waals surface area (Å²) in [6.45, 7) is 3.39. The van der Waals surface area contributed by atoms with Gasteiger partial charge >= 0.3 is 0 Å². The third-order valence-electron chi connectivity index (χ3n) is 4.30. The van der Waals surface area contributed by atoms with Crippen LogP contribution in [0.3, 0.4) is 0 Å². The highest BCUT2D eigenvalue weighted by Gasteiger charge is 2.41. The molecule has 2 N–H and O–H groups in total. The summed E-state index contributed by atoms with van der Waals surface area (Å²) in [6.07, 6.45) is 4.26. The molecule has 3 unspecified atom stereocenters. The second-order valence-electron chi connectivity index (χ2n) is 6.02. The van der Waals surface area contributed by atoms with Crippen LogP contribution in [0.5, 0.6) is 5.75 Å². The number of aliphatic imine (C=N–C) groups is 1. The molecule has 0 radical (unpaired) electrons. The molecule has 2 aliphatic heterocycles. The number of rotatable bonds is 5. The van der Waals surface area contributed by atoms with Crippen LogP contribution in [-0.4, -0.2) is 44.4 Å². The van der Waals surface area contributed by atoms with E-state index in [2.05, 4.69) is 28.6 Å². The lowest BCUT2D eigenvalue weighted by atomic mass is 9.96. The molecule has 2 heterocycles. The molecule has 5 nitrogen and oxygen atoms in total. The molecule has 23 heavy (non-hydrogen) atoms. The fraction of sp³-hybridized carbons (Fsp3) is 0.588. The molecule has 1 aromatic carbocycles. The van der Waals surface area contributed by atoms with Crippen LogP contribution in [0.15, 0.2) is 29.3 Å². The predicted molar refractivity (Wildman–Crippen MR) is 103 cm³/mol. The van der Waals surface area contributed by atoms with Gasteiger partial charge in [0.2, 0.25) is 0 Å². The van der Waals surface area contributed by atoms with E-state index in [-0.39, 0.29) is 24.0 Å². The third-order valence-corrected chi connectivity index (χ3v) is 4.30. The van der Waals surface area contributed by atoms with Crippen molar-refractivity contribution in [2.45, 2.75) is 44.4 Å². The Morgan fingerprint density at radius 2 is 2.26 bits per heavy atom. The fourth-order valence-electron chi connectivity index (χ4n) is 3.20. The van der Waals surface area contributed by atoms with Gasteiger partial charge in [0.25, 0.3) is 0 Å². The topological polar surface area (TPSA) is 54.9 Å². The molecule has 0 spiro atoms. The van der Waals surface area contributed by atoms with Gasteiger partial charge in [-0.3, -0.25) is 4.99 Å². The molecule has 128 valence electrons. The van der Waals surface area contributed by atoms with Crippen molar-refractivity contribution in [3.63, 3.8) is 0 Å². The molecule has 0 saturated carbocycles. The number of benzene rings is 1. The summed E-state index contributed by atoms with van der Waals surface area (Å²) in [7, 11) is 1.80. The first-order chi connectivity index (χ1) is 10.7. The molecule has 3 atom stereocenters. The van der Waals surface area contributed by atoms with Crippen molar-refractivity contribution in [2.75, 3.05) is 20.2 Å². The molecule has 2 fully saturated rings. The Morgan fingerprint density at radius 1 is 1.39 bits per heavy atom. The van der Waals surface area contributed by atoms with Crippen molar-refractivity contribution in [3.8, 4) is 5.75 Å². The van der Waals surface area contributed by atoms with Gasteiger partial charge in [-0.05, 0) is 43.9 Å². The molecule has 2 bridgehead atoms. The van der Waals surface area contributed by atoms with Crippen molar-refractivity contribution in [2.24, 2.45) is 4.99 Å². The van der Waals surface area contributed by atoms with Gasteiger partial charge in [-0.25, -0.2) is 0 Å². The molecular weight excluding hydrogens is 405 g/mol. The monoisotopic (exact) mass is 431 g/mol. The van der Waals surface area contributed by atoms with Crippen LogP contribution >= 0.6 is 24.0 Å². The summed E-state index contributed by atoms with van der Waals surface area (Å²) in [5.74, 6) is 1.74. The highest BCUT2D eigenvalue weighted by molar-refractivity contribution is 14.0. The molecule has 0 aliphatic carbocycles. The number of hydrogen-bond acceptors (Lipinski definition) is 3. The largest absolute Gasteiger partial charge is 0.492 e. The fourth-order valence-corrected chi connectivity index (χ4v) is 3.20. The van der Waals surface area contributed by atoms with E-state index < -0.39 is 0 Å². The number of guanidine groups is 1. The van der Waals surface area contributed by atoms with E-state index >= 15 is 0 Å². The first-order valence-corrected chi connectivity index (χ1v) is 8.06. The van der Waals surface area contributed by atoms with Crippen LogP contribution in [0, 0.1) is 6.92 Å². The summed E-state index contributed by atoms with van der Waals surface area (Å²) >= 11 is 0. The lowest BCUT2D eigenvalue weighted by Crippen LogP contribution is -2.48. The number of aryl methyl sites for hydroxylation is 1. The second-order valence-corrected chi connectivity index (χ2v) is 6.02. The zero-order valence-electron chi connectivity index (χ0n) is 13.7. The van der Waals surface area contributed by atoms with E-state index in [9.17, 15) is 0 Å². The summed E-state index contributed by atoms with van der Waals surface area (Å²) in [4.78, 5) is 4.28. The van der Waals surface area contributed by atoms with Crippen molar-refractivity contribution in [3.05, 3.63) is 29.8 Å². The lowest BCUT2D eigenvalue weighted by molar-refractivity contribution is 0.0992. The quantitative estimate of drug-likeness (QED) is 0.326. The third kappa shape index (κ3) is 4.97. The normalized spacial score (nSPS) is 25.8. The van der Waals surface area contributed by atoms with Crippen LogP contribution < -0.4 is 15.4 Å². The average Bonchev–Trinajstić information content (AvgIpc) is 3.13. The molecule has 1 aromatic rings. The Labute approximate surface area is 155 Å². The Balaban J connectivity index is 0.00000192. The number of fused-ring (bicyclic) bond motifs is 2. The van der Waals surface area contributed by atoms with E-state index in [1.807, 2.05) is 18.2 Å². The Kier molecular flexibility index (Phi) is 6.95. The summed E-state index contributed by atoms with van der Waals surface area (Å²) in [5.41, 5.74) is 1.21. The average molecular weight is 431 g/mol. The van der Waals surface area contributed by atoms with Crippen molar-refractivity contribution < 1.29 is 9.47 Å². The van der Waals surface area contributed by atoms with Gasteiger partial charge in [0.15, 0.2) is 5.96 Å². The van der Waals surface area contributed by atoms with Crippen molar-refractivity contribution >= 4 is 29.9 Å². The number of nitrogens with one attached hydrogen (secondary N) is 2. The van der Waals surface area contributed by atoms with Crippen LogP contribution in [0.4, 0.5) is 0 Å². The number of hydrogen-bond donors (Lipinski definition) is 2. The van der Waals surface area contributed by atoms with Crippen LogP contribution in [-0.2, 0) is 4.74 Å². The maximum atomic E-state index is 5.85. The van der Waals surface area contributed by atoms with E-state index in [4.69, 9.17) is 9.47 Å². The van der Waals surface area contributed by atoms with Crippen LogP contribution in [0.2, 0.25) is 0 Å². The molecule has 2 aliphatic rings. The Morgan fingerprint density at radius 3 is 2.91 bits per heavy atom. The first kappa shape index (κ1) is 18.3. The Bertz CT molecular complexity index is 538. The van der Waals surface area contributed by atoms with E-state index in [0.29, 0.717) is 24.9 Å².